The fraction of sp³-hybridized carbons (Fsp3) is 0.286. The second-order valence-electron chi connectivity index (χ2n) is 6.90. The van der Waals surface area contributed by atoms with Crippen LogP contribution in [0.15, 0.2) is 42.6 Å². The second-order valence-corrected chi connectivity index (χ2v) is 6.90. The first kappa shape index (κ1) is 18.2. The molecule has 0 fully saturated rings. The molecule has 0 radical (unpaired) electrons. The number of rotatable bonds is 7. The number of carbonyl (C=O) groups is 1. The van der Waals surface area contributed by atoms with Crippen LogP contribution in [-0.4, -0.2) is 29.0 Å². The topological polar surface area (TPSA) is 105 Å². The molecule has 3 aromatic rings. The van der Waals surface area contributed by atoms with Gasteiger partial charge in [0.05, 0.1) is 11.1 Å². The fourth-order valence-electron chi connectivity index (χ4n) is 3.63. The molecule has 1 aromatic carbocycles. The van der Waals surface area contributed by atoms with E-state index in [1.165, 1.54) is 28.5 Å². The van der Waals surface area contributed by atoms with Gasteiger partial charge in [-0.1, -0.05) is 18.2 Å². The highest BCUT2D eigenvalue weighted by Crippen LogP contribution is 2.33. The Morgan fingerprint density at radius 3 is 2.82 bits per heavy atom. The van der Waals surface area contributed by atoms with Crippen molar-refractivity contribution in [1.82, 2.24) is 15.3 Å². The van der Waals surface area contributed by atoms with Gasteiger partial charge in [-0.15, -0.1) is 0 Å². The van der Waals surface area contributed by atoms with Crippen LogP contribution in [0, 0.1) is 0 Å². The Labute approximate surface area is 163 Å². The van der Waals surface area contributed by atoms with Crippen molar-refractivity contribution in [3.63, 3.8) is 0 Å². The number of amides is 1. The summed E-state index contributed by atoms with van der Waals surface area (Å²) in [7, 11) is 0. The minimum Gasteiger partial charge on any atom is -0.384 e. The van der Waals surface area contributed by atoms with E-state index in [4.69, 9.17) is 10.8 Å². The number of nitrogens with two attached hydrogens (primary N) is 1. The third kappa shape index (κ3) is 3.75. The molecule has 1 amide bonds. The standard InChI is InChI=1S/C21H24N6O/c22-27-19-10-9-14(13-25-19)21(28)24-12-4-11-23-20-15-5-1-2-7-17(15)26-18-8-3-6-16(18)20/h1-2,5,7,9-10,13H,3-4,6,8,11-12,22H2,(H,23,26)(H,24,28)(H,25,27). The van der Waals surface area contributed by atoms with E-state index in [-0.39, 0.29) is 5.91 Å². The van der Waals surface area contributed by atoms with Crippen LogP contribution in [0.4, 0.5) is 11.5 Å². The van der Waals surface area contributed by atoms with Crippen LogP contribution in [-0.2, 0) is 12.8 Å². The quantitative estimate of drug-likeness (QED) is 0.287. The molecule has 1 aliphatic carbocycles. The van der Waals surface area contributed by atoms with Gasteiger partial charge in [0.15, 0.2) is 0 Å². The van der Waals surface area contributed by atoms with Crippen molar-refractivity contribution < 1.29 is 4.79 Å². The number of anilines is 2. The molecule has 28 heavy (non-hydrogen) atoms. The molecule has 0 unspecified atom stereocenters. The molecule has 0 bridgehead atoms. The van der Waals surface area contributed by atoms with Gasteiger partial charge in [-0.3, -0.25) is 9.78 Å². The molecule has 0 spiro atoms. The number of carbonyl (C=O) groups excluding carboxylic acids is 1. The summed E-state index contributed by atoms with van der Waals surface area (Å²) in [6.45, 7) is 1.38. The van der Waals surface area contributed by atoms with Gasteiger partial charge < -0.3 is 16.1 Å². The molecule has 7 nitrogen and oxygen atoms in total. The molecule has 2 aromatic heterocycles. The third-order valence-corrected chi connectivity index (χ3v) is 5.03. The van der Waals surface area contributed by atoms with Crippen LogP contribution in [0.25, 0.3) is 10.9 Å². The maximum Gasteiger partial charge on any atom is 0.252 e. The van der Waals surface area contributed by atoms with Crippen molar-refractivity contribution in [3.8, 4) is 0 Å². The Hall–Kier alpha value is -3.19. The average molecular weight is 376 g/mol. The van der Waals surface area contributed by atoms with E-state index < -0.39 is 0 Å². The molecular weight excluding hydrogens is 352 g/mol. The molecule has 5 N–H and O–H groups in total. The van der Waals surface area contributed by atoms with E-state index in [1.807, 2.05) is 6.07 Å². The number of hydrogen-bond acceptors (Lipinski definition) is 6. The first-order valence-electron chi connectivity index (χ1n) is 9.61. The molecule has 1 aliphatic rings. The summed E-state index contributed by atoms with van der Waals surface area (Å²) in [5, 5.41) is 7.69. The van der Waals surface area contributed by atoms with Gasteiger partial charge in [0.1, 0.15) is 5.82 Å². The number of benzene rings is 1. The highest BCUT2D eigenvalue weighted by Gasteiger charge is 2.19. The molecular formula is C21H24N6O. The highest BCUT2D eigenvalue weighted by atomic mass is 16.1. The molecule has 0 saturated heterocycles. The highest BCUT2D eigenvalue weighted by molar-refractivity contribution is 5.94. The summed E-state index contributed by atoms with van der Waals surface area (Å²) in [5.41, 5.74) is 7.78. The van der Waals surface area contributed by atoms with Crippen molar-refractivity contribution in [2.75, 3.05) is 23.8 Å². The number of aryl methyl sites for hydroxylation is 1. The summed E-state index contributed by atoms with van der Waals surface area (Å²) in [5.74, 6) is 5.67. The normalized spacial score (nSPS) is 12.6. The smallest absolute Gasteiger partial charge is 0.252 e. The van der Waals surface area contributed by atoms with Crippen molar-refractivity contribution in [1.29, 1.82) is 0 Å². The number of hydrogen-bond donors (Lipinski definition) is 4. The molecule has 7 heteroatoms. The number of nitrogens with one attached hydrogen (secondary N) is 3. The van der Waals surface area contributed by atoms with Crippen LogP contribution < -0.4 is 21.9 Å². The first-order chi connectivity index (χ1) is 13.8. The van der Waals surface area contributed by atoms with Gasteiger partial charge in [0.25, 0.3) is 5.91 Å². The predicted octanol–water partition coefficient (Wildman–Crippen LogP) is 2.64. The van der Waals surface area contributed by atoms with E-state index in [2.05, 4.69) is 39.2 Å². The summed E-state index contributed by atoms with van der Waals surface area (Å²) in [6.07, 6.45) is 5.63. The SMILES string of the molecule is NNc1ccc(C(=O)NCCCNc2c3c(nc4ccccc24)CCC3)cn1. The monoisotopic (exact) mass is 376 g/mol. The van der Waals surface area contributed by atoms with E-state index in [1.54, 1.807) is 12.1 Å². The van der Waals surface area contributed by atoms with E-state index >= 15 is 0 Å². The van der Waals surface area contributed by atoms with Gasteiger partial charge >= 0.3 is 0 Å². The van der Waals surface area contributed by atoms with Crippen molar-refractivity contribution >= 4 is 28.3 Å². The lowest BCUT2D eigenvalue weighted by molar-refractivity contribution is 0.0953. The van der Waals surface area contributed by atoms with E-state index in [0.717, 1.165) is 37.7 Å². The summed E-state index contributed by atoms with van der Waals surface area (Å²) in [6, 6.07) is 11.6. The minimum atomic E-state index is -0.133. The summed E-state index contributed by atoms with van der Waals surface area (Å²) in [4.78, 5) is 21.0. The lowest BCUT2D eigenvalue weighted by Gasteiger charge is -2.15. The number of pyridine rings is 2. The number of nitrogen functional groups attached to an aromatic ring is 1. The van der Waals surface area contributed by atoms with Crippen LogP contribution in [0.2, 0.25) is 0 Å². The molecule has 0 aliphatic heterocycles. The lowest BCUT2D eigenvalue weighted by Crippen LogP contribution is -2.26. The fourth-order valence-corrected chi connectivity index (χ4v) is 3.63. The maximum atomic E-state index is 12.2. The number of hydrazine groups is 1. The third-order valence-electron chi connectivity index (χ3n) is 5.03. The van der Waals surface area contributed by atoms with Crippen molar-refractivity contribution in [2.24, 2.45) is 5.84 Å². The van der Waals surface area contributed by atoms with Gasteiger partial charge in [-0.25, -0.2) is 10.8 Å². The number of fused-ring (bicyclic) bond motifs is 2. The average Bonchev–Trinajstić information content (AvgIpc) is 3.21. The Morgan fingerprint density at radius 2 is 2.00 bits per heavy atom. The lowest BCUT2D eigenvalue weighted by atomic mass is 10.1. The molecule has 0 saturated carbocycles. The van der Waals surface area contributed by atoms with Crippen LogP contribution in [0.1, 0.15) is 34.5 Å². The number of aromatic nitrogens is 2. The van der Waals surface area contributed by atoms with Crippen molar-refractivity contribution in [2.45, 2.75) is 25.7 Å². The zero-order valence-corrected chi connectivity index (χ0v) is 15.7. The Balaban J connectivity index is 1.34. The van der Waals surface area contributed by atoms with Gasteiger partial charge in [0.2, 0.25) is 0 Å². The van der Waals surface area contributed by atoms with Crippen LogP contribution in [0.3, 0.4) is 0 Å². The minimum absolute atomic E-state index is 0.133. The summed E-state index contributed by atoms with van der Waals surface area (Å²) < 4.78 is 0. The largest absolute Gasteiger partial charge is 0.384 e. The van der Waals surface area contributed by atoms with Gasteiger partial charge in [0, 0.05) is 36.1 Å². The Morgan fingerprint density at radius 1 is 1.11 bits per heavy atom. The molecule has 4 rings (SSSR count). The van der Waals surface area contributed by atoms with Crippen LogP contribution >= 0.6 is 0 Å². The van der Waals surface area contributed by atoms with E-state index in [0.29, 0.717) is 17.9 Å². The number of para-hydroxylation sites is 1. The second kappa shape index (κ2) is 8.22. The zero-order chi connectivity index (χ0) is 19.3. The number of nitrogens with zero attached hydrogens (tertiary/aromatic N) is 2. The van der Waals surface area contributed by atoms with Crippen LogP contribution in [0.5, 0.6) is 0 Å². The van der Waals surface area contributed by atoms with Gasteiger partial charge in [-0.2, -0.15) is 0 Å². The van der Waals surface area contributed by atoms with E-state index in [9.17, 15) is 4.79 Å². The predicted molar refractivity (Wildman–Crippen MR) is 111 cm³/mol. The maximum absolute atomic E-state index is 12.2. The zero-order valence-electron chi connectivity index (χ0n) is 15.7. The first-order valence-corrected chi connectivity index (χ1v) is 9.61. The summed E-state index contributed by atoms with van der Waals surface area (Å²) >= 11 is 0. The molecule has 144 valence electrons. The van der Waals surface area contributed by atoms with Crippen molar-refractivity contribution in [3.05, 3.63) is 59.4 Å². The Kier molecular flexibility index (Phi) is 5.34. The Bertz CT molecular complexity index is 986. The molecule has 2 heterocycles. The van der Waals surface area contributed by atoms with Gasteiger partial charge in [-0.05, 0) is 49.4 Å². The molecule has 0 atom stereocenters.